The van der Waals surface area contributed by atoms with Crippen molar-refractivity contribution < 1.29 is 5.11 Å². The Hall–Kier alpha value is -3.06. The number of aryl methyl sites for hydroxylation is 1. The van der Waals surface area contributed by atoms with E-state index in [4.69, 9.17) is 0 Å². The summed E-state index contributed by atoms with van der Waals surface area (Å²) < 4.78 is 0. The molecule has 0 bridgehead atoms. The molecule has 0 radical (unpaired) electrons. The second kappa shape index (κ2) is 9.43. The van der Waals surface area contributed by atoms with Crippen LogP contribution < -0.4 is 0 Å². The molecule has 0 atom stereocenters. The zero-order valence-electron chi connectivity index (χ0n) is 23.0. The maximum absolute atomic E-state index is 11.5. The van der Waals surface area contributed by atoms with Gasteiger partial charge in [0.1, 0.15) is 5.76 Å². The van der Waals surface area contributed by atoms with Gasteiger partial charge in [-0.3, -0.25) is 0 Å². The first kappa shape index (κ1) is 26.0. The van der Waals surface area contributed by atoms with Crippen molar-refractivity contribution in [2.24, 2.45) is 16.2 Å². The monoisotopic (exact) mass is 478 g/mol. The molecule has 188 valence electrons. The zero-order chi connectivity index (χ0) is 26.3. The highest BCUT2D eigenvalue weighted by Crippen LogP contribution is 2.60. The Balaban J connectivity index is 2.00. The van der Waals surface area contributed by atoms with Crippen LogP contribution in [0.5, 0.6) is 0 Å². The molecule has 2 aromatic rings. The lowest BCUT2D eigenvalue weighted by molar-refractivity contribution is 0.0209. The summed E-state index contributed by atoms with van der Waals surface area (Å²) in [6.07, 6.45) is 12.3. The fraction of sp³-hybridized carbons (Fsp3) is 0.371. The van der Waals surface area contributed by atoms with Gasteiger partial charge < -0.3 is 5.11 Å². The zero-order valence-corrected chi connectivity index (χ0v) is 23.0. The van der Waals surface area contributed by atoms with Crippen LogP contribution in [0.25, 0.3) is 22.5 Å². The number of fused-ring (bicyclic) bond motifs is 1. The Morgan fingerprint density at radius 2 is 1.50 bits per heavy atom. The molecule has 0 saturated heterocycles. The van der Waals surface area contributed by atoms with E-state index in [0.29, 0.717) is 5.76 Å². The number of aliphatic hydroxyl groups excluding tert-OH is 1. The Labute approximate surface area is 218 Å². The molecular formula is C35H42O. The van der Waals surface area contributed by atoms with Crippen molar-refractivity contribution in [3.63, 3.8) is 0 Å². The van der Waals surface area contributed by atoms with Gasteiger partial charge in [0.05, 0.1) is 0 Å². The third-order valence-electron chi connectivity index (χ3n) is 8.25. The average Bonchev–Trinajstić information content (AvgIpc) is 2.82. The van der Waals surface area contributed by atoms with Crippen LogP contribution in [0, 0.1) is 23.2 Å². The van der Waals surface area contributed by atoms with Gasteiger partial charge >= 0.3 is 0 Å². The molecule has 1 nitrogen and oxygen atoms in total. The highest BCUT2D eigenvalue weighted by molar-refractivity contribution is 5.90. The number of benzene rings is 2. The van der Waals surface area contributed by atoms with Crippen LogP contribution in [0.3, 0.4) is 0 Å². The van der Waals surface area contributed by atoms with E-state index < -0.39 is 0 Å². The van der Waals surface area contributed by atoms with Crippen LogP contribution in [0.2, 0.25) is 0 Å². The molecule has 2 aliphatic carbocycles. The lowest BCUT2D eigenvalue weighted by Gasteiger charge is -2.53. The van der Waals surface area contributed by atoms with Gasteiger partial charge in [-0.15, -0.1) is 0 Å². The van der Waals surface area contributed by atoms with E-state index in [-0.39, 0.29) is 16.2 Å². The average molecular weight is 479 g/mol. The molecule has 0 amide bonds. The summed E-state index contributed by atoms with van der Waals surface area (Å²) in [5.41, 5.74) is 9.18. The number of aliphatic hydroxyl groups is 1. The highest BCUT2D eigenvalue weighted by atomic mass is 16.3. The van der Waals surface area contributed by atoms with Gasteiger partial charge in [-0.2, -0.15) is 0 Å². The van der Waals surface area contributed by atoms with Crippen LogP contribution in [-0.2, 0) is 0 Å². The predicted octanol–water partition coefficient (Wildman–Crippen LogP) is 10.3. The number of rotatable bonds is 3. The summed E-state index contributed by atoms with van der Waals surface area (Å²) in [6.45, 7) is 22.6. The van der Waals surface area contributed by atoms with Gasteiger partial charge in [-0.05, 0) is 107 Å². The molecule has 0 aromatic heterocycles. The van der Waals surface area contributed by atoms with Crippen LogP contribution in [0.1, 0.15) is 77.0 Å². The summed E-state index contributed by atoms with van der Waals surface area (Å²) >= 11 is 0. The maximum atomic E-state index is 11.5. The molecule has 1 fully saturated rings. The highest BCUT2D eigenvalue weighted by Gasteiger charge is 2.48. The Bertz CT molecular complexity index is 1260. The van der Waals surface area contributed by atoms with Crippen LogP contribution in [0.15, 0.2) is 91.1 Å². The predicted molar refractivity (Wildman–Crippen MR) is 157 cm³/mol. The number of allylic oxidation sites excluding steroid dienone is 7. The minimum atomic E-state index is -0.0532. The van der Waals surface area contributed by atoms with Gasteiger partial charge in [0.2, 0.25) is 0 Å². The van der Waals surface area contributed by atoms with E-state index in [2.05, 4.69) is 103 Å². The molecule has 4 rings (SSSR count). The molecule has 1 saturated carbocycles. The van der Waals surface area contributed by atoms with Gasteiger partial charge in [-0.25, -0.2) is 0 Å². The quantitative estimate of drug-likeness (QED) is 0.435. The summed E-state index contributed by atoms with van der Waals surface area (Å²) in [5, 5.41) is 11.5. The van der Waals surface area contributed by atoms with Crippen molar-refractivity contribution in [3.05, 3.63) is 108 Å². The third kappa shape index (κ3) is 4.94. The third-order valence-corrected chi connectivity index (χ3v) is 8.25. The van der Waals surface area contributed by atoms with Crippen LogP contribution >= 0.6 is 0 Å². The molecule has 0 unspecified atom stereocenters. The fourth-order valence-corrected chi connectivity index (χ4v) is 7.42. The standard InChI is InChI=1S/C35H42O/c1-9-10-16-28-25(3)30-20-29(27-14-12-11-13-15-27)24(2)19-31(30)32(36)17-18-35(26(28)4)22-33(5,6)21-34(7,8)23-35/h9-17,19-20,36H,1,3,18,21-23H2,2,4-8H3/b16-10-,28-26-,32-17+. The smallest absolute Gasteiger partial charge is 0.119 e. The lowest BCUT2D eigenvalue weighted by atomic mass is 9.51. The second-order valence-corrected chi connectivity index (χ2v) is 12.6. The van der Waals surface area contributed by atoms with E-state index in [1.807, 2.05) is 18.2 Å². The Morgan fingerprint density at radius 3 is 2.11 bits per heavy atom. The molecule has 1 spiro atoms. The molecule has 1 N–H and O–H groups in total. The first-order valence-corrected chi connectivity index (χ1v) is 13.2. The number of hydrogen-bond acceptors (Lipinski definition) is 1. The lowest BCUT2D eigenvalue weighted by Crippen LogP contribution is -2.42. The molecule has 0 heterocycles. The van der Waals surface area contributed by atoms with Crippen molar-refractivity contribution in [1.82, 2.24) is 0 Å². The molecule has 2 aromatic carbocycles. The first-order chi connectivity index (χ1) is 16.9. The summed E-state index contributed by atoms with van der Waals surface area (Å²) in [5.74, 6) is 0.358. The molecule has 1 heteroatoms. The Kier molecular flexibility index (Phi) is 6.82. The molecule has 0 aliphatic heterocycles. The second-order valence-electron chi connectivity index (χ2n) is 12.6. The van der Waals surface area contributed by atoms with Gasteiger partial charge in [0.25, 0.3) is 0 Å². The van der Waals surface area contributed by atoms with Gasteiger partial charge in [0.15, 0.2) is 0 Å². The molecule has 2 aliphatic rings. The Morgan fingerprint density at radius 1 is 0.861 bits per heavy atom. The largest absolute Gasteiger partial charge is 0.508 e. The fourth-order valence-electron chi connectivity index (χ4n) is 7.42. The van der Waals surface area contributed by atoms with E-state index in [1.165, 1.54) is 23.1 Å². The van der Waals surface area contributed by atoms with Crippen molar-refractivity contribution >= 4 is 11.3 Å². The molecule has 36 heavy (non-hydrogen) atoms. The molecular weight excluding hydrogens is 436 g/mol. The summed E-state index contributed by atoms with van der Waals surface area (Å²) in [4.78, 5) is 0. The van der Waals surface area contributed by atoms with E-state index in [9.17, 15) is 5.11 Å². The van der Waals surface area contributed by atoms with Gasteiger partial charge in [0, 0.05) is 5.56 Å². The maximum Gasteiger partial charge on any atom is 0.119 e. The topological polar surface area (TPSA) is 20.2 Å². The van der Waals surface area contributed by atoms with Crippen molar-refractivity contribution in [3.8, 4) is 11.1 Å². The van der Waals surface area contributed by atoms with E-state index in [1.54, 1.807) is 0 Å². The van der Waals surface area contributed by atoms with Crippen molar-refractivity contribution in [1.29, 1.82) is 0 Å². The summed E-state index contributed by atoms with van der Waals surface area (Å²) in [6, 6.07) is 14.8. The number of hydrogen-bond donors (Lipinski definition) is 1. The minimum Gasteiger partial charge on any atom is -0.508 e. The minimum absolute atomic E-state index is 0.0532. The summed E-state index contributed by atoms with van der Waals surface area (Å²) in [7, 11) is 0. The van der Waals surface area contributed by atoms with E-state index in [0.717, 1.165) is 47.1 Å². The van der Waals surface area contributed by atoms with Crippen molar-refractivity contribution in [2.45, 2.75) is 67.2 Å². The van der Waals surface area contributed by atoms with E-state index >= 15 is 0 Å². The van der Waals surface area contributed by atoms with Crippen LogP contribution in [-0.4, -0.2) is 5.11 Å². The normalized spacial score (nSPS) is 24.4. The first-order valence-electron chi connectivity index (χ1n) is 13.2. The van der Waals surface area contributed by atoms with Crippen LogP contribution in [0.4, 0.5) is 0 Å². The van der Waals surface area contributed by atoms with Crippen molar-refractivity contribution in [2.75, 3.05) is 0 Å². The van der Waals surface area contributed by atoms with Gasteiger partial charge in [-0.1, -0.05) is 95.0 Å². The SMILES string of the molecule is C=C/C=C\C1=C(/C)C2(C/C=C(/O)c3cc(C)c(-c4ccccc4)cc3C1=C)CC(C)(C)CC(C)(C)C2.